The molecular weight excluding hydrogens is 356 g/mol. The van der Waals surface area contributed by atoms with Crippen LogP contribution in [0.15, 0.2) is 89.0 Å². The van der Waals surface area contributed by atoms with Crippen LogP contribution in [0.3, 0.4) is 0 Å². The van der Waals surface area contributed by atoms with Gasteiger partial charge in [-0.25, -0.2) is 0 Å². The third-order valence-electron chi connectivity index (χ3n) is 5.41. The molecule has 0 saturated heterocycles. The maximum atomic E-state index is 9.20. The van der Waals surface area contributed by atoms with Gasteiger partial charge in [-0.15, -0.1) is 0 Å². The fourth-order valence-corrected chi connectivity index (χ4v) is 4.12. The Morgan fingerprint density at radius 3 is 2.34 bits per heavy atom. The summed E-state index contributed by atoms with van der Waals surface area (Å²) in [4.78, 5) is 0. The van der Waals surface area contributed by atoms with Crippen LogP contribution in [-0.4, -0.2) is 0 Å². The summed E-state index contributed by atoms with van der Waals surface area (Å²) >= 11 is 0. The maximum absolute atomic E-state index is 9.20. The minimum Gasteiger partial charge on any atom is -0.456 e. The zero-order chi connectivity index (χ0) is 20.0. The van der Waals surface area contributed by atoms with Crippen molar-refractivity contribution < 1.29 is 4.42 Å². The van der Waals surface area contributed by atoms with E-state index in [9.17, 15) is 5.26 Å². The number of rotatable bonds is 2. The molecule has 0 amide bonds. The Kier molecular flexibility index (Phi) is 3.86. The Bertz CT molecular complexity index is 1530. The van der Waals surface area contributed by atoms with Gasteiger partial charge >= 0.3 is 0 Å². The summed E-state index contributed by atoms with van der Waals surface area (Å²) in [7, 11) is 0. The van der Waals surface area contributed by atoms with Gasteiger partial charge in [0.25, 0.3) is 0 Å². The van der Waals surface area contributed by atoms with Gasteiger partial charge in [-0.3, -0.25) is 0 Å². The molecular formula is C26H18N2O. The van der Waals surface area contributed by atoms with E-state index >= 15 is 0 Å². The highest BCUT2D eigenvalue weighted by atomic mass is 16.3. The molecule has 4 aromatic carbocycles. The van der Waals surface area contributed by atoms with Crippen LogP contribution >= 0.6 is 0 Å². The lowest BCUT2D eigenvalue weighted by atomic mass is 9.93. The molecule has 0 bridgehead atoms. The largest absolute Gasteiger partial charge is 0.456 e. The van der Waals surface area contributed by atoms with E-state index in [4.69, 9.17) is 10.2 Å². The first-order valence-corrected chi connectivity index (χ1v) is 9.47. The number of allylic oxidation sites excluding steroid dienone is 3. The van der Waals surface area contributed by atoms with Crippen LogP contribution in [0.1, 0.15) is 12.5 Å². The van der Waals surface area contributed by atoms with Gasteiger partial charge in [0.1, 0.15) is 11.2 Å². The first-order valence-electron chi connectivity index (χ1n) is 9.47. The van der Waals surface area contributed by atoms with Crippen molar-refractivity contribution in [3.8, 4) is 6.07 Å². The lowest BCUT2D eigenvalue weighted by molar-refractivity contribution is 0.669. The second-order valence-electron chi connectivity index (χ2n) is 7.17. The summed E-state index contributed by atoms with van der Waals surface area (Å²) in [6, 6.07) is 25.0. The van der Waals surface area contributed by atoms with Crippen molar-refractivity contribution in [1.29, 1.82) is 5.26 Å². The molecule has 0 aliphatic carbocycles. The molecule has 0 aliphatic heterocycles. The predicted molar refractivity (Wildman–Crippen MR) is 120 cm³/mol. The lowest BCUT2D eigenvalue weighted by Gasteiger charge is -2.09. The van der Waals surface area contributed by atoms with Crippen molar-refractivity contribution in [3.63, 3.8) is 0 Å². The molecule has 0 spiro atoms. The molecule has 5 aromatic rings. The van der Waals surface area contributed by atoms with Crippen LogP contribution in [0.4, 0.5) is 0 Å². The molecule has 5 rings (SSSR count). The number of fused-ring (bicyclic) bond motifs is 7. The predicted octanol–water partition coefficient (Wildman–Crippen LogP) is 6.66. The molecule has 29 heavy (non-hydrogen) atoms. The van der Waals surface area contributed by atoms with Gasteiger partial charge < -0.3 is 10.2 Å². The Morgan fingerprint density at radius 2 is 1.59 bits per heavy atom. The highest BCUT2D eigenvalue weighted by Gasteiger charge is 2.16. The Morgan fingerprint density at radius 1 is 0.897 bits per heavy atom. The highest BCUT2D eigenvalue weighted by molar-refractivity contribution is 6.27. The quantitative estimate of drug-likeness (QED) is 0.277. The molecule has 3 heteroatoms. The van der Waals surface area contributed by atoms with E-state index in [2.05, 4.69) is 48.5 Å². The van der Waals surface area contributed by atoms with Gasteiger partial charge in [0.2, 0.25) is 0 Å². The second-order valence-corrected chi connectivity index (χ2v) is 7.17. The fourth-order valence-electron chi connectivity index (χ4n) is 4.12. The monoisotopic (exact) mass is 374 g/mol. The van der Waals surface area contributed by atoms with Crippen LogP contribution in [-0.2, 0) is 0 Å². The summed E-state index contributed by atoms with van der Waals surface area (Å²) in [5.41, 5.74) is 9.97. The second kappa shape index (κ2) is 6.54. The van der Waals surface area contributed by atoms with Crippen molar-refractivity contribution in [3.05, 3.63) is 90.1 Å². The molecule has 1 heterocycles. The van der Waals surface area contributed by atoms with Crippen LogP contribution in [0, 0.1) is 11.3 Å². The average molecular weight is 374 g/mol. The summed E-state index contributed by atoms with van der Waals surface area (Å²) < 4.78 is 6.28. The molecule has 138 valence electrons. The Balaban J connectivity index is 1.98. The van der Waals surface area contributed by atoms with Crippen LogP contribution < -0.4 is 5.73 Å². The van der Waals surface area contributed by atoms with Gasteiger partial charge in [-0.1, -0.05) is 54.6 Å². The molecule has 0 unspecified atom stereocenters. The van der Waals surface area contributed by atoms with E-state index in [1.807, 2.05) is 30.3 Å². The standard InChI is InChI=1S/C26H18N2O/c1-16(14-27)12-18(15-28)22-13-24-26(21-9-5-4-8-20(21)22)25-19-7-3-2-6-17(19)10-11-23(25)29-24/h2-13,15H,28H2,1H3/b16-12+,18-15+. The molecule has 2 N–H and O–H groups in total. The van der Waals surface area contributed by atoms with Crippen LogP contribution in [0.2, 0.25) is 0 Å². The van der Waals surface area contributed by atoms with E-state index < -0.39 is 0 Å². The smallest absolute Gasteiger partial charge is 0.136 e. The first kappa shape index (κ1) is 17.1. The number of hydrogen-bond acceptors (Lipinski definition) is 3. The van der Waals surface area contributed by atoms with Crippen LogP contribution in [0.25, 0.3) is 49.1 Å². The van der Waals surface area contributed by atoms with E-state index in [1.165, 1.54) is 10.8 Å². The number of furan rings is 1. The van der Waals surface area contributed by atoms with Crippen molar-refractivity contribution >= 4 is 49.1 Å². The maximum Gasteiger partial charge on any atom is 0.136 e. The topological polar surface area (TPSA) is 63.0 Å². The lowest BCUT2D eigenvalue weighted by Crippen LogP contribution is -1.91. The van der Waals surface area contributed by atoms with Crippen molar-refractivity contribution in [2.24, 2.45) is 5.73 Å². The third-order valence-corrected chi connectivity index (χ3v) is 5.41. The minimum absolute atomic E-state index is 0.599. The van der Waals surface area contributed by atoms with Gasteiger partial charge in [0, 0.05) is 22.5 Å². The number of nitrogens with zero attached hydrogens (tertiary/aromatic N) is 1. The van der Waals surface area contributed by atoms with Gasteiger partial charge in [0.15, 0.2) is 0 Å². The molecule has 0 aliphatic rings. The SMILES string of the molecule is C/C(C#N)=C\C(=C/N)c1cc2oc3ccc4ccccc4c3c2c2ccccc12. The Labute approximate surface area is 167 Å². The van der Waals surface area contributed by atoms with Gasteiger partial charge in [0.05, 0.1) is 6.07 Å². The van der Waals surface area contributed by atoms with Crippen LogP contribution in [0.5, 0.6) is 0 Å². The van der Waals surface area contributed by atoms with Crippen molar-refractivity contribution in [1.82, 2.24) is 0 Å². The summed E-state index contributed by atoms with van der Waals surface area (Å²) in [5, 5.41) is 16.0. The molecule has 1 aromatic heterocycles. The minimum atomic E-state index is 0.599. The average Bonchev–Trinajstić information content (AvgIpc) is 3.16. The number of nitriles is 1. The number of nitrogens with two attached hydrogens (primary N) is 1. The van der Waals surface area contributed by atoms with E-state index in [1.54, 1.807) is 13.1 Å². The first-order chi connectivity index (χ1) is 14.2. The van der Waals surface area contributed by atoms with Gasteiger partial charge in [-0.2, -0.15) is 5.26 Å². The molecule has 0 saturated carbocycles. The zero-order valence-electron chi connectivity index (χ0n) is 15.9. The Hall–Kier alpha value is -4.03. The normalized spacial score (nSPS) is 12.8. The molecule has 0 radical (unpaired) electrons. The number of hydrogen-bond donors (Lipinski definition) is 1. The summed E-state index contributed by atoms with van der Waals surface area (Å²) in [5.74, 6) is 0. The fraction of sp³-hybridized carbons (Fsp3) is 0.0385. The highest BCUT2D eigenvalue weighted by Crippen LogP contribution is 2.41. The van der Waals surface area contributed by atoms with Crippen molar-refractivity contribution in [2.75, 3.05) is 0 Å². The van der Waals surface area contributed by atoms with Gasteiger partial charge in [-0.05, 0) is 57.8 Å². The third kappa shape index (κ3) is 2.58. The zero-order valence-corrected chi connectivity index (χ0v) is 15.9. The molecule has 0 fully saturated rings. The van der Waals surface area contributed by atoms with E-state index in [0.29, 0.717) is 5.57 Å². The number of benzene rings is 4. The molecule has 0 atom stereocenters. The van der Waals surface area contributed by atoms with E-state index in [0.717, 1.165) is 43.8 Å². The van der Waals surface area contributed by atoms with E-state index in [-0.39, 0.29) is 0 Å². The summed E-state index contributed by atoms with van der Waals surface area (Å²) in [6.45, 7) is 1.78. The van der Waals surface area contributed by atoms with Crippen molar-refractivity contribution in [2.45, 2.75) is 6.92 Å². The molecule has 3 nitrogen and oxygen atoms in total. The summed E-state index contributed by atoms with van der Waals surface area (Å²) in [6.07, 6.45) is 3.36.